The predicted octanol–water partition coefficient (Wildman–Crippen LogP) is 6.67. The highest BCUT2D eigenvalue weighted by Crippen LogP contribution is 2.52. The van der Waals surface area contributed by atoms with Gasteiger partial charge in [-0.15, -0.1) is 0 Å². The van der Waals surface area contributed by atoms with Crippen LogP contribution in [0.2, 0.25) is 0 Å². The standard InChI is InChI=1S/C24H29PS/c1-5-8-10-13-20(4)25(26,23-14-11-9-12-15-23)24-18-16-22(17-19-24)21(6-2)7-3/h5,8-19,21H,4,6-7H2,1-3H3/b8-5-,13-10-. The summed E-state index contributed by atoms with van der Waals surface area (Å²) in [4.78, 5) is 0. The molecule has 0 aliphatic heterocycles. The summed E-state index contributed by atoms with van der Waals surface area (Å²) in [5, 5.41) is 3.43. The van der Waals surface area contributed by atoms with Crippen molar-refractivity contribution < 1.29 is 0 Å². The van der Waals surface area contributed by atoms with E-state index in [1.807, 2.05) is 31.2 Å². The zero-order valence-electron chi connectivity index (χ0n) is 16.1. The van der Waals surface area contributed by atoms with Crippen molar-refractivity contribution >= 4 is 28.5 Å². The molecule has 0 saturated heterocycles. The minimum atomic E-state index is -2.10. The lowest BCUT2D eigenvalue weighted by molar-refractivity contribution is 0.642. The molecule has 0 fully saturated rings. The van der Waals surface area contributed by atoms with Crippen LogP contribution >= 0.6 is 6.04 Å². The third-order valence-corrected chi connectivity index (χ3v) is 9.81. The molecule has 1 unspecified atom stereocenters. The molecular formula is C24H29PS. The molecule has 26 heavy (non-hydrogen) atoms. The molecule has 0 amide bonds. The van der Waals surface area contributed by atoms with E-state index in [1.54, 1.807) is 0 Å². The molecule has 0 radical (unpaired) electrons. The van der Waals surface area contributed by atoms with E-state index in [4.69, 9.17) is 11.8 Å². The van der Waals surface area contributed by atoms with Crippen LogP contribution in [0.25, 0.3) is 0 Å². The topological polar surface area (TPSA) is 0 Å². The van der Waals surface area contributed by atoms with Gasteiger partial charge >= 0.3 is 0 Å². The zero-order valence-corrected chi connectivity index (χ0v) is 17.8. The maximum atomic E-state index is 6.31. The van der Waals surface area contributed by atoms with Crippen molar-refractivity contribution in [2.24, 2.45) is 0 Å². The summed E-state index contributed by atoms with van der Waals surface area (Å²) < 4.78 is 0. The van der Waals surface area contributed by atoms with Crippen LogP contribution in [0.4, 0.5) is 0 Å². The van der Waals surface area contributed by atoms with E-state index in [2.05, 4.69) is 75.0 Å². The Balaban J connectivity index is 2.51. The van der Waals surface area contributed by atoms with Gasteiger partial charge in [0.2, 0.25) is 0 Å². The summed E-state index contributed by atoms with van der Waals surface area (Å²) in [6.07, 6.45) is 10.5. The van der Waals surface area contributed by atoms with E-state index in [0.717, 1.165) is 5.31 Å². The van der Waals surface area contributed by atoms with Crippen LogP contribution in [0, 0.1) is 0 Å². The maximum Gasteiger partial charge on any atom is 0.0373 e. The molecule has 2 aromatic carbocycles. The van der Waals surface area contributed by atoms with E-state index in [-0.39, 0.29) is 0 Å². The molecule has 1 atom stereocenters. The normalized spacial score (nSPS) is 14.2. The van der Waals surface area contributed by atoms with Gasteiger partial charge in [-0.1, -0.05) is 111 Å². The van der Waals surface area contributed by atoms with Gasteiger partial charge in [-0.25, -0.2) is 0 Å². The van der Waals surface area contributed by atoms with Crippen molar-refractivity contribution in [1.29, 1.82) is 0 Å². The van der Waals surface area contributed by atoms with Crippen LogP contribution in [-0.4, -0.2) is 0 Å². The van der Waals surface area contributed by atoms with Crippen molar-refractivity contribution in [2.75, 3.05) is 0 Å². The molecule has 0 saturated carbocycles. The van der Waals surface area contributed by atoms with Gasteiger partial charge in [0, 0.05) is 6.04 Å². The maximum absolute atomic E-state index is 6.31. The van der Waals surface area contributed by atoms with Crippen molar-refractivity contribution in [1.82, 2.24) is 0 Å². The van der Waals surface area contributed by atoms with Crippen molar-refractivity contribution in [3.05, 3.63) is 96.4 Å². The summed E-state index contributed by atoms with van der Waals surface area (Å²) in [5.41, 5.74) is 1.41. The van der Waals surface area contributed by atoms with E-state index in [9.17, 15) is 0 Å². The molecule has 2 rings (SSSR count). The van der Waals surface area contributed by atoms with Gasteiger partial charge in [0.05, 0.1) is 0 Å². The van der Waals surface area contributed by atoms with Gasteiger partial charge in [0.25, 0.3) is 0 Å². The first kappa shape index (κ1) is 20.6. The van der Waals surface area contributed by atoms with Gasteiger partial charge in [-0.05, 0) is 47.2 Å². The Hall–Kier alpha value is -1.69. The smallest absolute Gasteiger partial charge is 0.0373 e. The van der Waals surface area contributed by atoms with Crippen LogP contribution in [0.15, 0.2) is 90.8 Å². The first-order valence-electron chi connectivity index (χ1n) is 9.32. The Morgan fingerprint density at radius 1 is 0.962 bits per heavy atom. The quantitative estimate of drug-likeness (QED) is 0.364. The second-order valence-electron chi connectivity index (χ2n) is 6.43. The fourth-order valence-corrected chi connectivity index (χ4v) is 6.55. The SMILES string of the molecule is C=C(/C=C\C=C/C)P(=S)(c1ccccc1)c1ccc(C(CC)CC)cc1. The molecular weight excluding hydrogens is 351 g/mol. The third kappa shape index (κ3) is 4.53. The van der Waals surface area contributed by atoms with Gasteiger partial charge < -0.3 is 0 Å². The number of hydrogen-bond acceptors (Lipinski definition) is 1. The van der Waals surface area contributed by atoms with Crippen LogP contribution in [-0.2, 0) is 11.8 Å². The second-order valence-corrected chi connectivity index (χ2v) is 10.9. The zero-order chi connectivity index (χ0) is 19.0. The van der Waals surface area contributed by atoms with Crippen LogP contribution < -0.4 is 10.6 Å². The van der Waals surface area contributed by atoms with E-state index in [0.29, 0.717) is 5.92 Å². The molecule has 0 aromatic heterocycles. The van der Waals surface area contributed by atoms with Gasteiger partial charge in [0.1, 0.15) is 0 Å². The lowest BCUT2D eigenvalue weighted by Crippen LogP contribution is -2.16. The molecule has 0 aliphatic rings. The highest BCUT2D eigenvalue weighted by Gasteiger charge is 2.24. The highest BCUT2D eigenvalue weighted by molar-refractivity contribution is 8.24. The van der Waals surface area contributed by atoms with Gasteiger partial charge in [-0.2, -0.15) is 0 Å². The summed E-state index contributed by atoms with van der Waals surface area (Å²) >= 11 is 6.31. The molecule has 2 aromatic rings. The van der Waals surface area contributed by atoms with E-state index in [1.165, 1.54) is 29.0 Å². The lowest BCUT2D eigenvalue weighted by atomic mass is 9.94. The molecule has 2 heteroatoms. The summed E-state index contributed by atoms with van der Waals surface area (Å²) in [6, 6.07) is 17.3. The van der Waals surface area contributed by atoms with Crippen molar-refractivity contribution in [3.63, 3.8) is 0 Å². The molecule has 0 nitrogen and oxygen atoms in total. The number of allylic oxidation sites excluding steroid dienone is 5. The summed E-state index contributed by atoms with van der Waals surface area (Å²) in [5.74, 6) is 0.622. The average molecular weight is 381 g/mol. The minimum Gasteiger partial charge on any atom is -0.0899 e. The Kier molecular flexibility index (Phi) is 7.82. The molecule has 0 heterocycles. The Morgan fingerprint density at radius 3 is 2.08 bits per heavy atom. The Bertz CT molecular complexity index is 809. The molecule has 136 valence electrons. The monoisotopic (exact) mass is 380 g/mol. The number of benzene rings is 2. The fraction of sp³-hybridized carbons (Fsp3) is 0.250. The number of hydrogen-bond donors (Lipinski definition) is 0. The Morgan fingerprint density at radius 2 is 1.54 bits per heavy atom. The van der Waals surface area contributed by atoms with Gasteiger partial charge in [0.15, 0.2) is 0 Å². The van der Waals surface area contributed by atoms with Crippen LogP contribution in [0.1, 0.15) is 45.1 Å². The molecule has 0 spiro atoms. The second kappa shape index (κ2) is 9.86. The fourth-order valence-electron chi connectivity index (χ4n) is 3.22. The van der Waals surface area contributed by atoms with Gasteiger partial charge in [-0.3, -0.25) is 0 Å². The first-order chi connectivity index (χ1) is 12.6. The van der Waals surface area contributed by atoms with Crippen LogP contribution in [0.5, 0.6) is 0 Å². The largest absolute Gasteiger partial charge is 0.0899 e. The molecule has 0 bridgehead atoms. The average Bonchev–Trinajstić information content (AvgIpc) is 2.69. The summed E-state index contributed by atoms with van der Waals surface area (Å²) in [6.45, 7) is 10.9. The highest BCUT2D eigenvalue weighted by atomic mass is 32.4. The molecule has 0 aliphatic carbocycles. The van der Waals surface area contributed by atoms with Crippen molar-refractivity contribution in [2.45, 2.75) is 39.5 Å². The Labute approximate surface area is 164 Å². The van der Waals surface area contributed by atoms with Crippen molar-refractivity contribution in [3.8, 4) is 0 Å². The summed E-state index contributed by atoms with van der Waals surface area (Å²) in [7, 11) is 0. The van der Waals surface area contributed by atoms with E-state index < -0.39 is 6.04 Å². The van der Waals surface area contributed by atoms with Crippen LogP contribution in [0.3, 0.4) is 0 Å². The first-order valence-corrected chi connectivity index (χ1v) is 12.1. The minimum absolute atomic E-state index is 0.622. The number of rotatable bonds is 8. The third-order valence-electron chi connectivity index (χ3n) is 4.83. The lowest BCUT2D eigenvalue weighted by Gasteiger charge is -2.25. The predicted molar refractivity (Wildman–Crippen MR) is 123 cm³/mol. The molecule has 0 N–H and O–H groups in total. The van der Waals surface area contributed by atoms with E-state index >= 15 is 0 Å².